The number of piperazine rings is 1. The zero-order valence-electron chi connectivity index (χ0n) is 16.7. The maximum atomic E-state index is 13.0. The lowest BCUT2D eigenvalue weighted by Crippen LogP contribution is -2.55. The van der Waals surface area contributed by atoms with E-state index in [4.69, 9.17) is 11.6 Å². The molecule has 1 N–H and O–H groups in total. The van der Waals surface area contributed by atoms with Crippen LogP contribution in [0.3, 0.4) is 0 Å². The van der Waals surface area contributed by atoms with Crippen molar-refractivity contribution in [1.29, 1.82) is 0 Å². The normalized spacial score (nSPS) is 15.1. The third kappa shape index (κ3) is 5.94. The molecule has 0 aliphatic carbocycles. The number of nitrogens with zero attached hydrogens (tertiary/aromatic N) is 3. The average Bonchev–Trinajstić information content (AvgIpc) is 2.74. The quantitative estimate of drug-likeness (QED) is 0.756. The minimum atomic E-state index is -0.476. The molecule has 3 rings (SSSR count). The van der Waals surface area contributed by atoms with Crippen molar-refractivity contribution >= 4 is 29.2 Å². The molecule has 1 unspecified atom stereocenters. The van der Waals surface area contributed by atoms with E-state index < -0.39 is 6.04 Å². The largest absolute Gasteiger partial charge is 0.353 e. The van der Waals surface area contributed by atoms with Crippen molar-refractivity contribution in [3.63, 3.8) is 0 Å². The number of amides is 2. The van der Waals surface area contributed by atoms with Gasteiger partial charge in [-0.2, -0.15) is 0 Å². The van der Waals surface area contributed by atoms with Crippen LogP contribution in [0.2, 0.25) is 5.02 Å². The van der Waals surface area contributed by atoms with Gasteiger partial charge >= 0.3 is 0 Å². The molecule has 2 heterocycles. The minimum Gasteiger partial charge on any atom is -0.353 e. The van der Waals surface area contributed by atoms with Gasteiger partial charge in [0, 0.05) is 32.4 Å². The van der Waals surface area contributed by atoms with Crippen LogP contribution in [-0.4, -0.2) is 53.9 Å². The number of carbonyl (C=O) groups is 2. The van der Waals surface area contributed by atoms with Gasteiger partial charge in [0.25, 0.3) is 0 Å². The fourth-order valence-electron chi connectivity index (χ4n) is 3.50. The molecule has 0 saturated carbocycles. The molecular weight excluding hydrogens is 388 g/mol. The highest BCUT2D eigenvalue weighted by Gasteiger charge is 2.28. The Morgan fingerprint density at radius 1 is 1.10 bits per heavy atom. The van der Waals surface area contributed by atoms with Gasteiger partial charge in [-0.3, -0.25) is 9.59 Å². The number of carbonyl (C=O) groups excluding carboxylic acids is 2. The molecule has 2 aromatic rings. The molecule has 1 aromatic carbocycles. The summed E-state index contributed by atoms with van der Waals surface area (Å²) in [4.78, 5) is 33.8. The topological polar surface area (TPSA) is 65.5 Å². The van der Waals surface area contributed by atoms with Gasteiger partial charge in [-0.1, -0.05) is 55.3 Å². The lowest BCUT2D eigenvalue weighted by molar-refractivity contribution is -0.136. The Labute approximate surface area is 176 Å². The summed E-state index contributed by atoms with van der Waals surface area (Å²) in [6.07, 6.45) is 3.38. The zero-order valence-corrected chi connectivity index (χ0v) is 17.4. The Morgan fingerprint density at radius 3 is 2.45 bits per heavy atom. The summed E-state index contributed by atoms with van der Waals surface area (Å²) in [6.45, 7) is 4.65. The Kier molecular flexibility index (Phi) is 7.47. The second kappa shape index (κ2) is 10.3. The smallest absolute Gasteiger partial charge is 0.245 e. The Morgan fingerprint density at radius 2 is 1.83 bits per heavy atom. The molecule has 0 bridgehead atoms. The summed E-state index contributed by atoms with van der Waals surface area (Å²) in [5.74, 6) is 0.742. The number of halogens is 1. The van der Waals surface area contributed by atoms with E-state index >= 15 is 0 Å². The first-order valence-electron chi connectivity index (χ1n) is 10.1. The lowest BCUT2D eigenvalue weighted by Gasteiger charge is -2.37. The molecule has 1 saturated heterocycles. The predicted molar refractivity (Wildman–Crippen MR) is 115 cm³/mol. The van der Waals surface area contributed by atoms with Crippen LogP contribution in [0.25, 0.3) is 0 Å². The van der Waals surface area contributed by atoms with Gasteiger partial charge < -0.3 is 15.1 Å². The number of anilines is 1. The van der Waals surface area contributed by atoms with Gasteiger partial charge in [0.15, 0.2) is 0 Å². The van der Waals surface area contributed by atoms with E-state index in [0.717, 1.165) is 17.8 Å². The van der Waals surface area contributed by atoms with Crippen molar-refractivity contribution < 1.29 is 9.59 Å². The van der Waals surface area contributed by atoms with E-state index in [1.54, 1.807) is 6.20 Å². The molecule has 2 amide bonds. The number of hydrogen-bond acceptors (Lipinski definition) is 4. The van der Waals surface area contributed by atoms with E-state index in [2.05, 4.69) is 15.2 Å². The van der Waals surface area contributed by atoms with Crippen molar-refractivity contribution in [2.24, 2.45) is 0 Å². The number of aromatic nitrogens is 1. The maximum absolute atomic E-state index is 13.0. The van der Waals surface area contributed by atoms with Gasteiger partial charge in [0.05, 0.1) is 11.4 Å². The van der Waals surface area contributed by atoms with E-state index in [9.17, 15) is 9.59 Å². The Balaban J connectivity index is 1.55. The number of nitrogens with one attached hydrogen (secondary N) is 1. The summed E-state index contributed by atoms with van der Waals surface area (Å²) in [7, 11) is 0. The third-order valence-corrected chi connectivity index (χ3v) is 5.27. The van der Waals surface area contributed by atoms with Gasteiger partial charge in [0.2, 0.25) is 11.8 Å². The van der Waals surface area contributed by atoms with E-state index in [1.165, 1.54) is 0 Å². The van der Waals surface area contributed by atoms with Crippen molar-refractivity contribution in [1.82, 2.24) is 15.2 Å². The van der Waals surface area contributed by atoms with Crippen LogP contribution in [0, 0.1) is 0 Å². The first-order valence-corrected chi connectivity index (χ1v) is 10.4. The van der Waals surface area contributed by atoms with Crippen molar-refractivity contribution in [3.8, 4) is 0 Å². The number of benzene rings is 1. The van der Waals surface area contributed by atoms with Crippen molar-refractivity contribution in [2.75, 3.05) is 31.1 Å². The number of pyridine rings is 1. The lowest BCUT2D eigenvalue weighted by atomic mass is 10.1. The first kappa shape index (κ1) is 21.1. The van der Waals surface area contributed by atoms with E-state index in [1.807, 2.05) is 54.3 Å². The fourth-order valence-corrected chi connectivity index (χ4v) is 3.62. The van der Waals surface area contributed by atoms with Crippen LogP contribution in [0.15, 0.2) is 48.7 Å². The fraction of sp³-hybridized carbons (Fsp3) is 0.409. The summed E-state index contributed by atoms with van der Waals surface area (Å²) < 4.78 is 0. The van der Waals surface area contributed by atoms with Gasteiger partial charge in [-0.05, 0) is 24.1 Å². The molecule has 1 aromatic heterocycles. The summed E-state index contributed by atoms with van der Waals surface area (Å²) in [5.41, 5.74) is 0.941. The minimum absolute atomic E-state index is 0.00280. The van der Waals surface area contributed by atoms with Crippen LogP contribution in [0.4, 0.5) is 5.82 Å². The van der Waals surface area contributed by atoms with Crippen LogP contribution in [0.1, 0.15) is 25.3 Å². The van der Waals surface area contributed by atoms with Crippen LogP contribution < -0.4 is 10.2 Å². The Hall–Kier alpha value is -2.60. The molecule has 1 aliphatic rings. The third-order valence-electron chi connectivity index (χ3n) is 5.05. The molecule has 6 nitrogen and oxygen atoms in total. The second-order valence-corrected chi connectivity index (χ2v) is 7.65. The van der Waals surface area contributed by atoms with Crippen molar-refractivity contribution in [2.45, 2.75) is 32.2 Å². The SMILES string of the molecule is CCCC(NC(=O)Cc1ccccc1)C(=O)N1CCN(c2ccc(Cl)cn2)CC1. The molecule has 1 aliphatic heterocycles. The predicted octanol–water partition coefficient (Wildman–Crippen LogP) is 2.91. The number of rotatable bonds is 7. The van der Waals surface area contributed by atoms with Crippen LogP contribution in [-0.2, 0) is 16.0 Å². The van der Waals surface area contributed by atoms with Crippen LogP contribution in [0.5, 0.6) is 0 Å². The van der Waals surface area contributed by atoms with E-state index in [-0.39, 0.29) is 18.2 Å². The molecule has 0 radical (unpaired) electrons. The summed E-state index contributed by atoms with van der Waals surface area (Å²) in [6, 6.07) is 12.8. The van der Waals surface area contributed by atoms with Gasteiger partial charge in [-0.15, -0.1) is 0 Å². The number of hydrogen-bond donors (Lipinski definition) is 1. The highest BCUT2D eigenvalue weighted by atomic mass is 35.5. The molecule has 7 heteroatoms. The monoisotopic (exact) mass is 414 g/mol. The zero-order chi connectivity index (χ0) is 20.6. The Bertz CT molecular complexity index is 805. The molecular formula is C22H27ClN4O2. The maximum Gasteiger partial charge on any atom is 0.245 e. The molecule has 0 spiro atoms. The molecule has 29 heavy (non-hydrogen) atoms. The molecule has 1 atom stereocenters. The molecule has 1 fully saturated rings. The highest BCUT2D eigenvalue weighted by molar-refractivity contribution is 6.30. The summed E-state index contributed by atoms with van der Waals surface area (Å²) >= 11 is 5.90. The van der Waals surface area contributed by atoms with Crippen molar-refractivity contribution in [3.05, 3.63) is 59.2 Å². The summed E-state index contributed by atoms with van der Waals surface area (Å²) in [5, 5.41) is 3.55. The highest BCUT2D eigenvalue weighted by Crippen LogP contribution is 2.17. The first-order chi connectivity index (χ1) is 14.1. The van der Waals surface area contributed by atoms with Crippen LogP contribution >= 0.6 is 11.6 Å². The van der Waals surface area contributed by atoms with Gasteiger partial charge in [-0.25, -0.2) is 4.98 Å². The van der Waals surface area contributed by atoms with E-state index in [0.29, 0.717) is 37.6 Å². The average molecular weight is 415 g/mol. The van der Waals surface area contributed by atoms with Gasteiger partial charge in [0.1, 0.15) is 11.9 Å². The second-order valence-electron chi connectivity index (χ2n) is 7.22. The standard InChI is InChI=1S/C22H27ClN4O2/c1-2-6-19(25-21(28)15-17-7-4-3-5-8-17)22(29)27-13-11-26(12-14-27)20-10-9-18(23)16-24-20/h3-5,7-10,16,19H,2,6,11-15H2,1H3,(H,25,28). The molecule has 154 valence electrons.